The van der Waals surface area contributed by atoms with Crippen LogP contribution in [0.25, 0.3) is 0 Å². The Bertz CT molecular complexity index is 744. The van der Waals surface area contributed by atoms with Crippen LogP contribution in [0.4, 0.5) is 8.78 Å². The van der Waals surface area contributed by atoms with Crippen molar-refractivity contribution in [3.8, 4) is 5.75 Å². The summed E-state index contributed by atoms with van der Waals surface area (Å²) in [4.78, 5) is 11.4. The number of ether oxygens (including phenoxy) is 1. The predicted molar refractivity (Wildman–Crippen MR) is 91.6 cm³/mol. The molecular weight excluding hydrogens is 324 g/mol. The van der Waals surface area contributed by atoms with Gasteiger partial charge < -0.3 is 4.74 Å². The van der Waals surface area contributed by atoms with E-state index in [1.54, 1.807) is 12.1 Å². The van der Waals surface area contributed by atoms with E-state index in [0.717, 1.165) is 35.6 Å². The summed E-state index contributed by atoms with van der Waals surface area (Å²) in [6, 6.07) is 6.95. The van der Waals surface area contributed by atoms with Crippen LogP contribution in [0.1, 0.15) is 43.4 Å². The monoisotopic (exact) mass is 347 g/mol. The summed E-state index contributed by atoms with van der Waals surface area (Å²) < 4.78 is 29.7. The Morgan fingerprint density at radius 1 is 1.24 bits per heavy atom. The quantitative estimate of drug-likeness (QED) is 0.840. The highest BCUT2D eigenvalue weighted by Crippen LogP contribution is 2.26. The summed E-state index contributed by atoms with van der Waals surface area (Å²) in [5, 5.41) is 0. The molecule has 25 heavy (non-hydrogen) atoms. The number of halogens is 2. The van der Waals surface area contributed by atoms with E-state index in [9.17, 15) is 8.78 Å². The SMILES string of the molecule is CC(C)(C)c1ncc2c(n1)CCN(Cc1ccccc1OC(F)F)C2. The topological polar surface area (TPSA) is 38.2 Å². The molecule has 0 saturated heterocycles. The summed E-state index contributed by atoms with van der Waals surface area (Å²) in [7, 11) is 0. The lowest BCUT2D eigenvalue weighted by Crippen LogP contribution is -2.32. The molecule has 1 aliphatic heterocycles. The van der Waals surface area contributed by atoms with Gasteiger partial charge in [0.05, 0.1) is 0 Å². The maximum Gasteiger partial charge on any atom is 0.387 e. The number of para-hydroxylation sites is 1. The van der Waals surface area contributed by atoms with Gasteiger partial charge >= 0.3 is 6.61 Å². The predicted octanol–water partition coefficient (Wildman–Crippen LogP) is 3.93. The van der Waals surface area contributed by atoms with E-state index >= 15 is 0 Å². The first-order valence-electron chi connectivity index (χ1n) is 8.43. The second-order valence-electron chi connectivity index (χ2n) is 7.36. The van der Waals surface area contributed by atoms with Crippen LogP contribution in [-0.2, 0) is 24.9 Å². The molecule has 1 aliphatic rings. The molecule has 6 heteroatoms. The Morgan fingerprint density at radius 3 is 2.72 bits per heavy atom. The maximum atomic E-state index is 12.6. The van der Waals surface area contributed by atoms with Crippen molar-refractivity contribution >= 4 is 0 Å². The normalized spacial score (nSPS) is 15.3. The van der Waals surface area contributed by atoms with Crippen molar-refractivity contribution in [2.24, 2.45) is 0 Å². The van der Waals surface area contributed by atoms with Crippen LogP contribution in [-0.4, -0.2) is 28.0 Å². The number of hydrogen-bond donors (Lipinski definition) is 0. The van der Waals surface area contributed by atoms with Crippen molar-refractivity contribution in [2.75, 3.05) is 6.54 Å². The molecule has 4 nitrogen and oxygen atoms in total. The lowest BCUT2D eigenvalue weighted by atomic mass is 9.95. The van der Waals surface area contributed by atoms with Gasteiger partial charge in [0.2, 0.25) is 0 Å². The van der Waals surface area contributed by atoms with Gasteiger partial charge in [0.1, 0.15) is 11.6 Å². The molecule has 2 heterocycles. The van der Waals surface area contributed by atoms with Gasteiger partial charge in [-0.15, -0.1) is 0 Å². The van der Waals surface area contributed by atoms with E-state index in [4.69, 9.17) is 4.98 Å². The summed E-state index contributed by atoms with van der Waals surface area (Å²) in [6.45, 7) is 5.59. The number of alkyl halides is 2. The van der Waals surface area contributed by atoms with Crippen LogP contribution in [0.2, 0.25) is 0 Å². The van der Waals surface area contributed by atoms with Crippen LogP contribution < -0.4 is 4.74 Å². The van der Waals surface area contributed by atoms with Crippen molar-refractivity contribution in [3.05, 3.63) is 53.1 Å². The third-order valence-corrected chi connectivity index (χ3v) is 4.27. The van der Waals surface area contributed by atoms with Gasteiger partial charge in [0.25, 0.3) is 0 Å². The molecule has 0 saturated carbocycles. The average molecular weight is 347 g/mol. The second kappa shape index (κ2) is 7.04. The average Bonchev–Trinajstić information content (AvgIpc) is 2.55. The molecule has 0 fully saturated rings. The molecule has 0 bridgehead atoms. The number of rotatable bonds is 4. The lowest BCUT2D eigenvalue weighted by Gasteiger charge is -2.29. The second-order valence-corrected chi connectivity index (χ2v) is 7.36. The Kier molecular flexibility index (Phi) is 4.99. The fourth-order valence-electron chi connectivity index (χ4n) is 2.96. The van der Waals surface area contributed by atoms with Gasteiger partial charge in [0, 0.05) is 54.5 Å². The highest BCUT2D eigenvalue weighted by atomic mass is 19.3. The van der Waals surface area contributed by atoms with Crippen molar-refractivity contribution in [3.63, 3.8) is 0 Å². The first-order chi connectivity index (χ1) is 11.8. The van der Waals surface area contributed by atoms with Crippen LogP contribution in [0.3, 0.4) is 0 Å². The molecule has 0 N–H and O–H groups in total. The van der Waals surface area contributed by atoms with Crippen LogP contribution in [0.5, 0.6) is 5.75 Å². The van der Waals surface area contributed by atoms with Gasteiger partial charge in [-0.25, -0.2) is 9.97 Å². The Balaban J connectivity index is 1.74. The van der Waals surface area contributed by atoms with E-state index in [2.05, 4.69) is 35.4 Å². The highest BCUT2D eigenvalue weighted by Gasteiger charge is 2.23. The lowest BCUT2D eigenvalue weighted by molar-refractivity contribution is -0.0508. The fourth-order valence-corrected chi connectivity index (χ4v) is 2.96. The van der Waals surface area contributed by atoms with Crippen molar-refractivity contribution < 1.29 is 13.5 Å². The standard InChI is InChI=1S/C19H23F2N3O/c1-19(2,3)17-22-10-14-12-24(9-8-15(14)23-17)11-13-6-4-5-7-16(13)25-18(20)21/h4-7,10,18H,8-9,11-12H2,1-3H3. The van der Waals surface area contributed by atoms with Gasteiger partial charge in [-0.05, 0) is 6.07 Å². The Hall–Kier alpha value is -2.08. The zero-order chi connectivity index (χ0) is 18.0. The fraction of sp³-hybridized carbons (Fsp3) is 0.474. The van der Waals surface area contributed by atoms with Crippen LogP contribution >= 0.6 is 0 Å². The van der Waals surface area contributed by atoms with Gasteiger partial charge in [-0.1, -0.05) is 39.0 Å². The maximum absolute atomic E-state index is 12.6. The molecule has 0 atom stereocenters. The van der Waals surface area contributed by atoms with Crippen LogP contribution in [0.15, 0.2) is 30.5 Å². The number of benzene rings is 1. The number of nitrogens with zero attached hydrogens (tertiary/aromatic N) is 3. The third kappa shape index (κ3) is 4.31. The number of fused-ring (bicyclic) bond motifs is 1. The molecule has 1 aromatic heterocycles. The summed E-state index contributed by atoms with van der Waals surface area (Å²) >= 11 is 0. The third-order valence-electron chi connectivity index (χ3n) is 4.27. The summed E-state index contributed by atoms with van der Waals surface area (Å²) in [5.74, 6) is 1.10. The first-order valence-corrected chi connectivity index (χ1v) is 8.43. The molecule has 0 spiro atoms. The molecule has 0 radical (unpaired) electrons. The highest BCUT2D eigenvalue weighted by molar-refractivity contribution is 5.33. The Morgan fingerprint density at radius 2 is 2.00 bits per heavy atom. The summed E-state index contributed by atoms with van der Waals surface area (Å²) in [5.41, 5.74) is 2.89. The molecule has 3 rings (SSSR count). The van der Waals surface area contributed by atoms with Crippen molar-refractivity contribution in [2.45, 2.75) is 52.3 Å². The molecule has 134 valence electrons. The van der Waals surface area contributed by atoms with E-state index in [-0.39, 0.29) is 11.2 Å². The van der Waals surface area contributed by atoms with E-state index < -0.39 is 6.61 Å². The van der Waals surface area contributed by atoms with Crippen LogP contribution in [0, 0.1) is 0 Å². The van der Waals surface area contributed by atoms with E-state index in [1.807, 2.05) is 18.3 Å². The molecule has 1 aromatic carbocycles. The van der Waals surface area contributed by atoms with E-state index in [0.29, 0.717) is 13.1 Å². The first kappa shape index (κ1) is 17.7. The zero-order valence-corrected chi connectivity index (χ0v) is 14.8. The Labute approximate surface area is 146 Å². The number of hydrogen-bond acceptors (Lipinski definition) is 4. The summed E-state index contributed by atoms with van der Waals surface area (Å²) in [6.07, 6.45) is 2.73. The minimum Gasteiger partial charge on any atom is -0.434 e. The van der Waals surface area contributed by atoms with Crippen molar-refractivity contribution in [1.29, 1.82) is 0 Å². The molecule has 0 amide bonds. The minimum atomic E-state index is -2.81. The minimum absolute atomic E-state index is 0.0717. The van der Waals surface area contributed by atoms with Gasteiger partial charge in [0.15, 0.2) is 0 Å². The van der Waals surface area contributed by atoms with E-state index in [1.165, 1.54) is 0 Å². The molecule has 0 aliphatic carbocycles. The van der Waals surface area contributed by atoms with Gasteiger partial charge in [-0.2, -0.15) is 8.78 Å². The number of aromatic nitrogens is 2. The molecule has 2 aromatic rings. The molecule has 0 unspecified atom stereocenters. The smallest absolute Gasteiger partial charge is 0.387 e. The largest absolute Gasteiger partial charge is 0.434 e. The van der Waals surface area contributed by atoms with Gasteiger partial charge in [-0.3, -0.25) is 4.90 Å². The van der Waals surface area contributed by atoms with Crippen molar-refractivity contribution in [1.82, 2.24) is 14.9 Å². The zero-order valence-electron chi connectivity index (χ0n) is 14.8. The molecular formula is C19H23F2N3O.